The van der Waals surface area contributed by atoms with Crippen molar-refractivity contribution in [3.8, 4) is 11.5 Å². The van der Waals surface area contributed by atoms with Crippen LogP contribution in [0, 0.1) is 5.92 Å². The SMILES string of the molecule is CCCCCCCC(=O)CCCCCC/C=C/[C@H](C(=O)N[C@@H](Cc1ccc(Oc2ccccc2)cc1)C(=O)O)[C@@](O)(CC(=O)O)C(=O)OC(C)(C)C. The number of nitrogens with one attached hydrogen (secondary N) is 1. The van der Waals surface area contributed by atoms with Crippen molar-refractivity contribution in [3.63, 3.8) is 0 Å². The zero-order valence-corrected chi connectivity index (χ0v) is 31.1. The monoisotopic (exact) mass is 723 g/mol. The second-order valence-electron chi connectivity index (χ2n) is 14.2. The van der Waals surface area contributed by atoms with Crippen LogP contribution in [0.15, 0.2) is 66.7 Å². The van der Waals surface area contributed by atoms with Crippen molar-refractivity contribution in [2.75, 3.05) is 0 Å². The number of unbranched alkanes of at least 4 members (excludes halogenated alkanes) is 8. The number of Topliss-reactive ketones (excluding diaryl/α,β-unsaturated/α-hetero) is 1. The van der Waals surface area contributed by atoms with Crippen LogP contribution >= 0.6 is 0 Å². The molecule has 0 aliphatic carbocycles. The number of benzene rings is 2. The van der Waals surface area contributed by atoms with E-state index < -0.39 is 53.4 Å². The van der Waals surface area contributed by atoms with Gasteiger partial charge in [0.05, 0.1) is 12.3 Å². The predicted octanol–water partition coefficient (Wildman–Crippen LogP) is 7.58. The summed E-state index contributed by atoms with van der Waals surface area (Å²) in [6, 6.07) is 14.3. The molecule has 2 rings (SSSR count). The van der Waals surface area contributed by atoms with E-state index in [4.69, 9.17) is 9.47 Å². The standard InChI is InChI=1S/C41H57NO10/c1-5-6-7-10-14-19-31(43)20-15-11-8-9-12-18-23-34(41(50,29-36(44)45)39(49)52-40(2,3)4)37(46)42-35(38(47)48)28-30-24-26-33(27-25-30)51-32-21-16-13-17-22-32/h13,16-18,21-27,34-35,50H,5-12,14-15,19-20,28-29H2,1-4H3,(H,42,46)(H,44,45)(H,47,48)/b23-18+/t34-,35+,41+/m1/s1. The van der Waals surface area contributed by atoms with Crippen LogP contribution in [0.25, 0.3) is 0 Å². The van der Waals surface area contributed by atoms with E-state index in [1.165, 1.54) is 33.3 Å². The number of hydrogen-bond donors (Lipinski definition) is 4. The number of rotatable bonds is 25. The molecule has 0 spiro atoms. The zero-order valence-electron chi connectivity index (χ0n) is 31.1. The van der Waals surface area contributed by atoms with Crippen molar-refractivity contribution in [3.05, 3.63) is 72.3 Å². The van der Waals surface area contributed by atoms with E-state index >= 15 is 0 Å². The second kappa shape index (κ2) is 22.4. The summed E-state index contributed by atoms with van der Waals surface area (Å²) in [7, 11) is 0. The smallest absolute Gasteiger partial charge is 0.340 e. The van der Waals surface area contributed by atoms with Crippen LogP contribution in [-0.2, 0) is 35.1 Å². The molecule has 0 fully saturated rings. The van der Waals surface area contributed by atoms with Gasteiger partial charge in [0, 0.05) is 19.3 Å². The van der Waals surface area contributed by atoms with Crippen molar-refractivity contribution >= 4 is 29.6 Å². The third-order valence-electron chi connectivity index (χ3n) is 8.39. The number of carboxylic acid groups (broad SMARTS) is 2. The first-order valence-electron chi connectivity index (χ1n) is 18.4. The van der Waals surface area contributed by atoms with Gasteiger partial charge in [-0.05, 0) is 76.3 Å². The number of aliphatic hydroxyl groups is 1. The molecular weight excluding hydrogens is 666 g/mol. The molecule has 0 bridgehead atoms. The molecule has 0 saturated heterocycles. The quantitative estimate of drug-likeness (QED) is 0.0454. The molecule has 0 heterocycles. The molecule has 4 N–H and O–H groups in total. The van der Waals surface area contributed by atoms with E-state index in [0.717, 1.165) is 44.9 Å². The Morgan fingerprint density at radius 1 is 0.788 bits per heavy atom. The molecule has 2 aromatic carbocycles. The first kappa shape index (κ1) is 43.7. The average molecular weight is 724 g/mol. The zero-order chi connectivity index (χ0) is 38.6. The van der Waals surface area contributed by atoms with Gasteiger partial charge in [0.15, 0.2) is 5.60 Å². The molecule has 0 aliphatic rings. The minimum Gasteiger partial charge on any atom is -0.481 e. The van der Waals surface area contributed by atoms with Crippen molar-refractivity contribution < 1.29 is 48.8 Å². The van der Waals surface area contributed by atoms with Gasteiger partial charge in [-0.2, -0.15) is 0 Å². The lowest BCUT2D eigenvalue weighted by molar-refractivity contribution is -0.187. The number of ketones is 1. The fourth-order valence-corrected chi connectivity index (χ4v) is 5.61. The van der Waals surface area contributed by atoms with Gasteiger partial charge in [-0.3, -0.25) is 14.4 Å². The Hall–Kier alpha value is -4.51. The van der Waals surface area contributed by atoms with Crippen LogP contribution < -0.4 is 10.1 Å². The Bertz CT molecular complexity index is 1450. The molecule has 52 heavy (non-hydrogen) atoms. The maximum atomic E-state index is 13.8. The number of ether oxygens (including phenoxy) is 2. The maximum absolute atomic E-state index is 13.8. The van der Waals surface area contributed by atoms with E-state index in [1.54, 1.807) is 42.5 Å². The van der Waals surface area contributed by atoms with E-state index in [-0.39, 0.29) is 12.2 Å². The van der Waals surface area contributed by atoms with Gasteiger partial charge >= 0.3 is 17.9 Å². The number of carboxylic acids is 2. The Morgan fingerprint density at radius 3 is 1.92 bits per heavy atom. The molecule has 11 heteroatoms. The van der Waals surface area contributed by atoms with Crippen LogP contribution in [-0.4, -0.2) is 62.2 Å². The summed E-state index contributed by atoms with van der Waals surface area (Å²) < 4.78 is 11.1. The molecule has 3 atom stereocenters. The molecule has 1 amide bonds. The topological polar surface area (TPSA) is 177 Å². The first-order chi connectivity index (χ1) is 24.6. The molecule has 2 aromatic rings. The summed E-state index contributed by atoms with van der Waals surface area (Å²) in [5.41, 5.74) is -3.40. The summed E-state index contributed by atoms with van der Waals surface area (Å²) in [4.78, 5) is 63.4. The minimum atomic E-state index is -2.84. The van der Waals surface area contributed by atoms with Gasteiger partial charge in [0.2, 0.25) is 5.91 Å². The molecule has 0 unspecified atom stereocenters. The summed E-state index contributed by atoms with van der Waals surface area (Å²) in [6.07, 6.45) is 11.7. The van der Waals surface area contributed by atoms with Crippen molar-refractivity contribution in [1.29, 1.82) is 0 Å². The van der Waals surface area contributed by atoms with Crippen LogP contribution in [0.3, 0.4) is 0 Å². The number of hydrogen-bond acceptors (Lipinski definition) is 8. The van der Waals surface area contributed by atoms with Gasteiger partial charge in [0.1, 0.15) is 28.9 Å². The third kappa shape index (κ3) is 16.7. The van der Waals surface area contributed by atoms with Gasteiger partial charge in [-0.25, -0.2) is 9.59 Å². The largest absolute Gasteiger partial charge is 0.481 e. The number of amides is 1. The minimum absolute atomic E-state index is 0.145. The maximum Gasteiger partial charge on any atom is 0.340 e. The number of esters is 1. The lowest BCUT2D eigenvalue weighted by Gasteiger charge is -2.33. The highest BCUT2D eigenvalue weighted by Crippen LogP contribution is 2.29. The molecule has 11 nitrogen and oxygen atoms in total. The molecule has 0 radical (unpaired) electrons. The Kier molecular flexibility index (Phi) is 18.8. The van der Waals surface area contributed by atoms with Crippen molar-refractivity contribution in [2.45, 2.75) is 135 Å². The summed E-state index contributed by atoms with van der Waals surface area (Å²) in [6.45, 7) is 6.77. The fraction of sp³-hybridized carbons (Fsp3) is 0.537. The Labute approximate surface area is 307 Å². The highest BCUT2D eigenvalue weighted by molar-refractivity contribution is 5.95. The summed E-state index contributed by atoms with van der Waals surface area (Å²) >= 11 is 0. The van der Waals surface area contributed by atoms with Gasteiger partial charge in [0.25, 0.3) is 0 Å². The van der Waals surface area contributed by atoms with Crippen LogP contribution in [0.4, 0.5) is 0 Å². The number of carbonyl (C=O) groups is 5. The molecule has 0 aliphatic heterocycles. The first-order valence-corrected chi connectivity index (χ1v) is 18.4. The number of para-hydroxylation sites is 1. The lowest BCUT2D eigenvalue weighted by atomic mass is 9.82. The number of allylic oxidation sites excluding steroid dienone is 1. The normalized spacial score (nSPS) is 13.9. The highest BCUT2D eigenvalue weighted by Gasteiger charge is 2.51. The second-order valence-corrected chi connectivity index (χ2v) is 14.2. The van der Waals surface area contributed by atoms with Gasteiger partial charge in [-0.1, -0.05) is 87.9 Å². The van der Waals surface area contributed by atoms with E-state index in [2.05, 4.69) is 12.2 Å². The van der Waals surface area contributed by atoms with Crippen LogP contribution in [0.2, 0.25) is 0 Å². The van der Waals surface area contributed by atoms with E-state index in [0.29, 0.717) is 42.7 Å². The van der Waals surface area contributed by atoms with Crippen LogP contribution in [0.5, 0.6) is 11.5 Å². The molecular formula is C41H57NO10. The van der Waals surface area contributed by atoms with Crippen molar-refractivity contribution in [2.24, 2.45) is 5.92 Å². The van der Waals surface area contributed by atoms with Gasteiger partial charge < -0.3 is 30.1 Å². The number of carbonyl (C=O) groups excluding carboxylic acids is 3. The fourth-order valence-electron chi connectivity index (χ4n) is 5.61. The molecule has 0 aromatic heterocycles. The van der Waals surface area contributed by atoms with Gasteiger partial charge in [-0.15, -0.1) is 0 Å². The van der Waals surface area contributed by atoms with Crippen molar-refractivity contribution in [1.82, 2.24) is 5.32 Å². The average Bonchev–Trinajstić information content (AvgIpc) is 3.07. The number of aliphatic carboxylic acids is 2. The third-order valence-corrected chi connectivity index (χ3v) is 8.39. The molecule has 0 saturated carbocycles. The van der Waals surface area contributed by atoms with E-state index in [9.17, 15) is 39.3 Å². The predicted molar refractivity (Wildman–Crippen MR) is 198 cm³/mol. The summed E-state index contributed by atoms with van der Waals surface area (Å²) in [5, 5.41) is 33.7. The highest BCUT2D eigenvalue weighted by atomic mass is 16.6. The molecule has 286 valence electrons. The van der Waals surface area contributed by atoms with Crippen LogP contribution in [0.1, 0.15) is 117 Å². The van der Waals surface area contributed by atoms with E-state index in [1.807, 2.05) is 18.2 Å². The lowest BCUT2D eigenvalue weighted by Crippen LogP contribution is -2.56. The summed E-state index contributed by atoms with van der Waals surface area (Å²) in [5.74, 6) is -5.64. The Morgan fingerprint density at radius 2 is 1.37 bits per heavy atom. The Balaban J connectivity index is 2.13.